The van der Waals surface area contributed by atoms with Crippen LogP contribution in [0.1, 0.15) is 32.1 Å². The second kappa shape index (κ2) is 8.61. The number of nitrogen functional groups attached to an aromatic ring is 1. The van der Waals surface area contributed by atoms with Crippen molar-refractivity contribution in [3.05, 3.63) is 30.6 Å². The van der Waals surface area contributed by atoms with Gasteiger partial charge in [0.25, 0.3) is 0 Å². The number of nitrogens with zero attached hydrogens (tertiary/aromatic N) is 3. The lowest BCUT2D eigenvalue weighted by molar-refractivity contribution is -0.119. The number of fused-ring (bicyclic) bond motifs is 4. The summed E-state index contributed by atoms with van der Waals surface area (Å²) in [5, 5.41) is 4.57. The van der Waals surface area contributed by atoms with Gasteiger partial charge in [-0.05, 0) is 31.2 Å². The number of imidazole rings is 1. The van der Waals surface area contributed by atoms with Gasteiger partial charge in [-0.2, -0.15) is 11.8 Å². The van der Waals surface area contributed by atoms with Crippen LogP contribution in [-0.2, 0) is 16.1 Å². The summed E-state index contributed by atoms with van der Waals surface area (Å²) in [4.78, 5) is 32.3. The maximum atomic E-state index is 12.0. The first-order valence-corrected chi connectivity index (χ1v) is 12.2. The highest BCUT2D eigenvalue weighted by molar-refractivity contribution is 8.00. The zero-order chi connectivity index (χ0) is 22.2. The first-order valence-electron chi connectivity index (χ1n) is 11.2. The molecule has 3 aromatic rings. The predicted octanol–water partition coefficient (Wildman–Crippen LogP) is 2.45. The van der Waals surface area contributed by atoms with Crippen molar-refractivity contribution in [2.45, 2.75) is 49.9 Å². The Morgan fingerprint density at radius 2 is 2.16 bits per heavy atom. The van der Waals surface area contributed by atoms with E-state index in [1.54, 1.807) is 0 Å². The number of thioether (sulfide) groups is 1. The molecular formula is C23H28N6O2S. The van der Waals surface area contributed by atoms with E-state index in [2.05, 4.69) is 25.9 Å². The average Bonchev–Trinajstić information content (AvgIpc) is 3.45. The molecule has 0 radical (unpaired) electrons. The van der Waals surface area contributed by atoms with Crippen LogP contribution in [0, 0.1) is 11.8 Å². The molecule has 2 aliphatic heterocycles. The minimum absolute atomic E-state index is 0.163. The van der Waals surface area contributed by atoms with Crippen molar-refractivity contribution in [3.63, 3.8) is 0 Å². The topological polar surface area (TPSA) is 129 Å². The monoisotopic (exact) mass is 452 g/mol. The number of hydrogen-bond acceptors (Lipinski definition) is 6. The average molecular weight is 453 g/mol. The van der Waals surface area contributed by atoms with E-state index in [-0.39, 0.29) is 17.9 Å². The van der Waals surface area contributed by atoms with Gasteiger partial charge in [0.15, 0.2) is 5.82 Å². The number of hydrogen-bond donors (Lipinski definition) is 3. The molecule has 4 unspecified atom stereocenters. The van der Waals surface area contributed by atoms with Crippen molar-refractivity contribution < 1.29 is 9.59 Å². The molecule has 168 valence electrons. The van der Waals surface area contributed by atoms with Crippen LogP contribution in [0.5, 0.6) is 0 Å². The van der Waals surface area contributed by atoms with Gasteiger partial charge in [0, 0.05) is 47.7 Å². The molecule has 5 N–H and O–H groups in total. The molecule has 8 nitrogen and oxygen atoms in total. The number of aryl methyl sites for hydroxylation is 1. The minimum Gasteiger partial charge on any atom is -0.382 e. The zero-order valence-electron chi connectivity index (χ0n) is 17.9. The summed E-state index contributed by atoms with van der Waals surface area (Å²) in [6, 6.07) is 8.26. The molecule has 1 aromatic carbocycles. The first kappa shape index (κ1) is 21.1. The molecule has 5 rings (SSSR count). The van der Waals surface area contributed by atoms with E-state index in [0.29, 0.717) is 35.7 Å². The predicted molar refractivity (Wildman–Crippen MR) is 127 cm³/mol. The Kier molecular flexibility index (Phi) is 5.67. The molecule has 0 spiro atoms. The number of para-hydroxylation sites is 1. The second-order valence-corrected chi connectivity index (χ2v) is 10.1. The van der Waals surface area contributed by atoms with Crippen LogP contribution in [0.25, 0.3) is 21.9 Å². The van der Waals surface area contributed by atoms with Crippen LogP contribution < -0.4 is 16.8 Å². The highest BCUT2D eigenvalue weighted by atomic mass is 32.2. The van der Waals surface area contributed by atoms with Crippen LogP contribution >= 0.6 is 11.8 Å². The molecule has 4 heterocycles. The SMILES string of the molecule is NC(=O)CCCC(CCn1cnc2c(N)nc3ccccc3c21)C1SCC2NC(=O)CC21. The van der Waals surface area contributed by atoms with Crippen LogP contribution in [-0.4, -0.2) is 43.4 Å². The Morgan fingerprint density at radius 1 is 1.31 bits per heavy atom. The van der Waals surface area contributed by atoms with E-state index in [0.717, 1.165) is 53.5 Å². The quantitative estimate of drug-likeness (QED) is 0.481. The van der Waals surface area contributed by atoms with Crippen molar-refractivity contribution in [3.8, 4) is 0 Å². The number of anilines is 1. The Morgan fingerprint density at radius 3 is 3.00 bits per heavy atom. The highest BCUT2D eigenvalue weighted by Gasteiger charge is 2.45. The largest absolute Gasteiger partial charge is 0.382 e. The van der Waals surface area contributed by atoms with Crippen LogP contribution in [0.15, 0.2) is 30.6 Å². The van der Waals surface area contributed by atoms with Crippen molar-refractivity contribution in [1.82, 2.24) is 19.9 Å². The summed E-state index contributed by atoms with van der Waals surface area (Å²) in [5.74, 6) is 2.08. The van der Waals surface area contributed by atoms with Crippen molar-refractivity contribution in [2.75, 3.05) is 11.5 Å². The van der Waals surface area contributed by atoms with Crippen LogP contribution in [0.3, 0.4) is 0 Å². The van der Waals surface area contributed by atoms with Gasteiger partial charge in [0.05, 0.1) is 17.4 Å². The molecule has 9 heteroatoms. The third-order valence-corrected chi connectivity index (χ3v) is 8.53. The molecule has 32 heavy (non-hydrogen) atoms. The van der Waals surface area contributed by atoms with Gasteiger partial charge in [-0.15, -0.1) is 0 Å². The number of primary amides is 1. The minimum atomic E-state index is -0.256. The zero-order valence-corrected chi connectivity index (χ0v) is 18.7. The summed E-state index contributed by atoms with van der Waals surface area (Å²) < 4.78 is 2.17. The Hall–Kier alpha value is -2.81. The van der Waals surface area contributed by atoms with E-state index in [1.807, 2.05) is 36.3 Å². The molecule has 2 amide bonds. The number of pyridine rings is 1. The lowest BCUT2D eigenvalue weighted by Gasteiger charge is -2.27. The van der Waals surface area contributed by atoms with Gasteiger partial charge in [-0.25, -0.2) is 9.97 Å². The second-order valence-electron chi connectivity index (χ2n) is 8.90. The van der Waals surface area contributed by atoms with Gasteiger partial charge >= 0.3 is 0 Å². The molecule has 0 aliphatic carbocycles. The van der Waals surface area contributed by atoms with Gasteiger partial charge in [0.1, 0.15) is 5.52 Å². The lowest BCUT2D eigenvalue weighted by Crippen LogP contribution is -2.31. The van der Waals surface area contributed by atoms with Gasteiger partial charge in [0.2, 0.25) is 11.8 Å². The fraction of sp³-hybridized carbons (Fsp3) is 0.478. The number of carbonyl (C=O) groups is 2. The normalized spacial score (nSPS) is 23.5. The van der Waals surface area contributed by atoms with Crippen molar-refractivity contribution in [1.29, 1.82) is 0 Å². The standard InChI is InChI=1S/C23H28N6O2S/c24-18(30)7-3-4-13(22-15-10-19(31)27-17(15)11-32-22)8-9-29-12-26-20-21(29)14-5-1-2-6-16(14)28-23(20)25/h1-2,5-6,12-13,15,17,22H,3-4,7-11H2,(H2,24,30)(H2,25,28)(H,27,31). The number of rotatable bonds is 8. The molecule has 0 bridgehead atoms. The van der Waals surface area contributed by atoms with Crippen molar-refractivity contribution >= 4 is 51.3 Å². The first-order chi connectivity index (χ1) is 15.5. The number of nitrogens with one attached hydrogen (secondary N) is 1. The third-order valence-electron chi connectivity index (χ3n) is 6.86. The van der Waals surface area contributed by atoms with E-state index in [1.165, 1.54) is 0 Å². The molecule has 2 aliphatic rings. The van der Waals surface area contributed by atoms with E-state index >= 15 is 0 Å². The van der Waals surface area contributed by atoms with E-state index in [4.69, 9.17) is 11.5 Å². The third kappa shape index (κ3) is 3.90. The van der Waals surface area contributed by atoms with E-state index in [9.17, 15) is 9.59 Å². The fourth-order valence-electron chi connectivity index (χ4n) is 5.36. The summed E-state index contributed by atoms with van der Waals surface area (Å²) in [6.07, 6.45) is 5.50. The Labute approximate surface area is 190 Å². The molecular weight excluding hydrogens is 424 g/mol. The number of aromatic nitrogens is 3. The number of benzene rings is 1. The molecule has 2 saturated heterocycles. The smallest absolute Gasteiger partial charge is 0.220 e. The fourth-order valence-corrected chi connectivity index (χ4v) is 7.19. The van der Waals surface area contributed by atoms with Crippen LogP contribution in [0.4, 0.5) is 5.82 Å². The summed E-state index contributed by atoms with van der Waals surface area (Å²) in [7, 11) is 0. The summed E-state index contributed by atoms with van der Waals surface area (Å²) in [5.41, 5.74) is 14.2. The Bertz CT molecular complexity index is 1180. The maximum absolute atomic E-state index is 12.0. The number of carbonyl (C=O) groups excluding carboxylic acids is 2. The molecule has 2 fully saturated rings. The van der Waals surface area contributed by atoms with Crippen molar-refractivity contribution in [2.24, 2.45) is 17.6 Å². The summed E-state index contributed by atoms with van der Waals surface area (Å²) >= 11 is 1.96. The van der Waals surface area contributed by atoms with Crippen LogP contribution in [0.2, 0.25) is 0 Å². The molecule has 0 saturated carbocycles. The highest BCUT2D eigenvalue weighted by Crippen LogP contribution is 2.44. The van der Waals surface area contributed by atoms with Gasteiger partial charge in [-0.3, -0.25) is 9.59 Å². The lowest BCUT2D eigenvalue weighted by atomic mass is 9.84. The number of amides is 2. The molecule has 4 atom stereocenters. The Balaban J connectivity index is 1.40. The molecule has 2 aromatic heterocycles. The van der Waals surface area contributed by atoms with Gasteiger partial charge < -0.3 is 21.4 Å². The van der Waals surface area contributed by atoms with Gasteiger partial charge in [-0.1, -0.05) is 18.2 Å². The number of nitrogens with two attached hydrogens (primary N) is 2. The van der Waals surface area contributed by atoms with E-state index < -0.39 is 0 Å². The summed E-state index contributed by atoms with van der Waals surface area (Å²) in [6.45, 7) is 0.793. The maximum Gasteiger partial charge on any atom is 0.220 e.